The van der Waals surface area contributed by atoms with E-state index >= 15 is 0 Å². The molecule has 0 unspecified atom stereocenters. The normalized spacial score (nSPS) is 10.8. The zero-order valence-electron chi connectivity index (χ0n) is 13.1. The highest BCUT2D eigenvalue weighted by Crippen LogP contribution is 2.31. The SMILES string of the molecule is COCCCNCc1cccc(OC)c1OCC(C)C. The van der Waals surface area contributed by atoms with Gasteiger partial charge in [-0.25, -0.2) is 0 Å². The Morgan fingerprint density at radius 1 is 1.20 bits per heavy atom. The van der Waals surface area contributed by atoms with Crippen LogP contribution in [0.5, 0.6) is 11.5 Å². The number of para-hydroxylation sites is 1. The van der Waals surface area contributed by atoms with Gasteiger partial charge in [-0.05, 0) is 24.9 Å². The second kappa shape index (κ2) is 9.61. The lowest BCUT2D eigenvalue weighted by molar-refractivity contribution is 0.194. The molecule has 0 saturated carbocycles. The molecule has 1 N–H and O–H groups in total. The van der Waals surface area contributed by atoms with Gasteiger partial charge in [0.05, 0.1) is 13.7 Å². The summed E-state index contributed by atoms with van der Waals surface area (Å²) >= 11 is 0. The summed E-state index contributed by atoms with van der Waals surface area (Å²) in [6, 6.07) is 6.00. The summed E-state index contributed by atoms with van der Waals surface area (Å²) in [6.45, 7) is 7.44. The first-order valence-electron chi connectivity index (χ1n) is 7.17. The van der Waals surface area contributed by atoms with Crippen LogP contribution in [-0.4, -0.2) is 34.0 Å². The summed E-state index contributed by atoms with van der Waals surface area (Å²) < 4.78 is 16.3. The summed E-state index contributed by atoms with van der Waals surface area (Å²) in [6.07, 6.45) is 1.00. The molecule has 1 aromatic carbocycles. The number of ether oxygens (including phenoxy) is 3. The molecule has 114 valence electrons. The first kappa shape index (κ1) is 16.8. The maximum atomic E-state index is 5.91. The third-order valence-electron chi connectivity index (χ3n) is 2.86. The zero-order valence-corrected chi connectivity index (χ0v) is 13.1. The average Bonchev–Trinajstić information content (AvgIpc) is 2.45. The highest BCUT2D eigenvalue weighted by Gasteiger charge is 2.11. The number of methoxy groups -OCH3 is 2. The summed E-state index contributed by atoms with van der Waals surface area (Å²) in [5, 5.41) is 3.40. The van der Waals surface area contributed by atoms with E-state index in [4.69, 9.17) is 14.2 Å². The van der Waals surface area contributed by atoms with Gasteiger partial charge >= 0.3 is 0 Å². The maximum absolute atomic E-state index is 5.91. The molecule has 0 bridgehead atoms. The third kappa shape index (κ3) is 5.80. The van der Waals surface area contributed by atoms with E-state index in [-0.39, 0.29) is 0 Å². The molecule has 0 atom stereocenters. The van der Waals surface area contributed by atoms with Gasteiger partial charge in [0.15, 0.2) is 11.5 Å². The number of hydrogen-bond donors (Lipinski definition) is 1. The lowest BCUT2D eigenvalue weighted by atomic mass is 10.1. The van der Waals surface area contributed by atoms with Gasteiger partial charge in [-0.15, -0.1) is 0 Å². The van der Waals surface area contributed by atoms with Crippen LogP contribution in [0, 0.1) is 5.92 Å². The van der Waals surface area contributed by atoms with Crippen LogP contribution in [0.4, 0.5) is 0 Å². The van der Waals surface area contributed by atoms with Gasteiger partial charge in [0.25, 0.3) is 0 Å². The molecular formula is C16H27NO3. The van der Waals surface area contributed by atoms with Gasteiger partial charge < -0.3 is 19.5 Å². The molecule has 0 aliphatic carbocycles. The Morgan fingerprint density at radius 2 is 2.00 bits per heavy atom. The Hall–Kier alpha value is -1.26. The monoisotopic (exact) mass is 281 g/mol. The summed E-state index contributed by atoms with van der Waals surface area (Å²) in [5.41, 5.74) is 1.13. The molecule has 0 aromatic heterocycles. The molecule has 0 spiro atoms. The van der Waals surface area contributed by atoms with E-state index in [1.165, 1.54) is 0 Å². The van der Waals surface area contributed by atoms with Crippen molar-refractivity contribution in [2.45, 2.75) is 26.8 Å². The molecular weight excluding hydrogens is 254 g/mol. The Kier molecular flexibility index (Phi) is 8.07. The van der Waals surface area contributed by atoms with Crippen LogP contribution in [0.1, 0.15) is 25.8 Å². The lowest BCUT2D eigenvalue weighted by Crippen LogP contribution is -2.17. The van der Waals surface area contributed by atoms with E-state index in [0.717, 1.165) is 43.2 Å². The molecule has 0 amide bonds. The number of benzene rings is 1. The van der Waals surface area contributed by atoms with Gasteiger partial charge in [-0.1, -0.05) is 26.0 Å². The second-order valence-corrected chi connectivity index (χ2v) is 5.18. The van der Waals surface area contributed by atoms with Crippen molar-refractivity contribution in [1.29, 1.82) is 0 Å². The van der Waals surface area contributed by atoms with Gasteiger partial charge in [-0.3, -0.25) is 0 Å². The van der Waals surface area contributed by atoms with E-state index in [2.05, 4.69) is 25.2 Å². The second-order valence-electron chi connectivity index (χ2n) is 5.18. The van der Waals surface area contributed by atoms with E-state index in [0.29, 0.717) is 12.5 Å². The Bertz CT molecular complexity index is 380. The van der Waals surface area contributed by atoms with Crippen molar-refractivity contribution < 1.29 is 14.2 Å². The van der Waals surface area contributed by atoms with Gasteiger partial charge in [0, 0.05) is 25.8 Å². The highest BCUT2D eigenvalue weighted by atomic mass is 16.5. The Morgan fingerprint density at radius 3 is 2.65 bits per heavy atom. The van der Waals surface area contributed by atoms with Crippen LogP contribution >= 0.6 is 0 Å². The standard InChI is InChI=1S/C16H27NO3/c1-13(2)12-20-16-14(7-5-8-15(16)19-4)11-17-9-6-10-18-3/h5,7-8,13,17H,6,9-12H2,1-4H3. The molecule has 0 saturated heterocycles. The minimum atomic E-state index is 0.488. The van der Waals surface area contributed by atoms with Crippen molar-refractivity contribution in [3.8, 4) is 11.5 Å². The molecule has 1 aromatic rings. The van der Waals surface area contributed by atoms with Crippen molar-refractivity contribution in [2.75, 3.05) is 34.0 Å². The molecule has 20 heavy (non-hydrogen) atoms. The molecule has 0 heterocycles. The van der Waals surface area contributed by atoms with Gasteiger partial charge in [0.1, 0.15) is 0 Å². The molecule has 0 fully saturated rings. The first-order chi connectivity index (χ1) is 9.69. The minimum Gasteiger partial charge on any atom is -0.493 e. The van der Waals surface area contributed by atoms with Crippen LogP contribution in [0.15, 0.2) is 18.2 Å². The Balaban J connectivity index is 2.62. The Labute approximate surface area is 122 Å². The molecule has 4 nitrogen and oxygen atoms in total. The van der Waals surface area contributed by atoms with E-state index in [1.54, 1.807) is 14.2 Å². The van der Waals surface area contributed by atoms with Crippen LogP contribution < -0.4 is 14.8 Å². The number of rotatable bonds is 10. The largest absolute Gasteiger partial charge is 0.493 e. The van der Waals surface area contributed by atoms with Crippen molar-refractivity contribution >= 4 is 0 Å². The zero-order chi connectivity index (χ0) is 14.8. The smallest absolute Gasteiger partial charge is 0.165 e. The van der Waals surface area contributed by atoms with Crippen LogP contribution in [0.3, 0.4) is 0 Å². The first-order valence-corrected chi connectivity index (χ1v) is 7.17. The molecule has 4 heteroatoms. The fraction of sp³-hybridized carbons (Fsp3) is 0.625. The van der Waals surface area contributed by atoms with E-state index in [1.807, 2.05) is 12.1 Å². The summed E-state index contributed by atoms with van der Waals surface area (Å²) in [5.74, 6) is 2.13. The molecule has 0 radical (unpaired) electrons. The fourth-order valence-electron chi connectivity index (χ4n) is 1.84. The van der Waals surface area contributed by atoms with Crippen molar-refractivity contribution in [2.24, 2.45) is 5.92 Å². The van der Waals surface area contributed by atoms with Crippen LogP contribution in [0.25, 0.3) is 0 Å². The quantitative estimate of drug-likeness (QED) is 0.669. The van der Waals surface area contributed by atoms with Gasteiger partial charge in [0.2, 0.25) is 0 Å². The topological polar surface area (TPSA) is 39.7 Å². The molecule has 0 aliphatic heterocycles. The minimum absolute atomic E-state index is 0.488. The molecule has 0 aliphatic rings. The maximum Gasteiger partial charge on any atom is 0.165 e. The summed E-state index contributed by atoms with van der Waals surface area (Å²) in [4.78, 5) is 0. The van der Waals surface area contributed by atoms with Crippen molar-refractivity contribution in [3.05, 3.63) is 23.8 Å². The lowest BCUT2D eigenvalue weighted by Gasteiger charge is -2.16. The number of nitrogens with one attached hydrogen (secondary N) is 1. The van der Waals surface area contributed by atoms with Gasteiger partial charge in [-0.2, -0.15) is 0 Å². The number of hydrogen-bond acceptors (Lipinski definition) is 4. The fourth-order valence-corrected chi connectivity index (χ4v) is 1.84. The van der Waals surface area contributed by atoms with E-state index < -0.39 is 0 Å². The van der Waals surface area contributed by atoms with Crippen molar-refractivity contribution in [3.63, 3.8) is 0 Å². The average molecular weight is 281 g/mol. The third-order valence-corrected chi connectivity index (χ3v) is 2.86. The van der Waals surface area contributed by atoms with Crippen LogP contribution in [-0.2, 0) is 11.3 Å². The highest BCUT2D eigenvalue weighted by molar-refractivity contribution is 5.46. The van der Waals surface area contributed by atoms with Crippen molar-refractivity contribution in [1.82, 2.24) is 5.32 Å². The predicted molar refractivity (Wildman–Crippen MR) is 81.5 cm³/mol. The molecule has 1 rings (SSSR count). The van der Waals surface area contributed by atoms with E-state index in [9.17, 15) is 0 Å². The van der Waals surface area contributed by atoms with Crippen LogP contribution in [0.2, 0.25) is 0 Å². The summed E-state index contributed by atoms with van der Waals surface area (Å²) in [7, 11) is 3.40. The predicted octanol–water partition coefficient (Wildman–Crippen LogP) is 2.86.